The van der Waals surface area contributed by atoms with Crippen molar-refractivity contribution in [3.8, 4) is 0 Å². The number of benzene rings is 1. The summed E-state index contributed by atoms with van der Waals surface area (Å²) in [5.41, 5.74) is 0.258. The van der Waals surface area contributed by atoms with Crippen molar-refractivity contribution in [1.29, 1.82) is 0 Å². The molecular formula is C15H18BrFO. The Morgan fingerprint density at radius 1 is 1.33 bits per heavy atom. The highest BCUT2D eigenvalue weighted by Gasteiger charge is 2.34. The molecule has 0 unspecified atom stereocenters. The summed E-state index contributed by atoms with van der Waals surface area (Å²) in [5, 5.41) is 0. The van der Waals surface area contributed by atoms with Crippen LogP contribution in [0.3, 0.4) is 0 Å². The van der Waals surface area contributed by atoms with E-state index in [1.165, 1.54) is 12.5 Å². The van der Waals surface area contributed by atoms with E-state index in [-0.39, 0.29) is 23.4 Å². The van der Waals surface area contributed by atoms with Crippen LogP contribution < -0.4 is 0 Å². The first-order valence-electron chi connectivity index (χ1n) is 6.48. The molecule has 0 radical (unpaired) electrons. The van der Waals surface area contributed by atoms with Crippen molar-refractivity contribution in [2.45, 2.75) is 45.4 Å². The van der Waals surface area contributed by atoms with Crippen molar-refractivity contribution in [3.63, 3.8) is 0 Å². The standard InChI is InChI=1S/C15H18BrFO/c1-15(7-3-2-4-8-15)14(18)10-11-9-12(16)5-6-13(11)17/h5-6,9H,2-4,7-8,10H2,1H3. The van der Waals surface area contributed by atoms with Gasteiger partial charge in [0, 0.05) is 16.3 Å². The Morgan fingerprint density at radius 3 is 2.67 bits per heavy atom. The summed E-state index contributed by atoms with van der Waals surface area (Å²) in [4.78, 5) is 12.4. The van der Waals surface area contributed by atoms with E-state index in [1.54, 1.807) is 12.1 Å². The number of rotatable bonds is 3. The highest BCUT2D eigenvalue weighted by Crippen LogP contribution is 2.37. The van der Waals surface area contributed by atoms with Crippen LogP contribution in [0.5, 0.6) is 0 Å². The van der Waals surface area contributed by atoms with Crippen molar-refractivity contribution in [3.05, 3.63) is 34.1 Å². The zero-order valence-electron chi connectivity index (χ0n) is 10.6. The lowest BCUT2D eigenvalue weighted by molar-refractivity contribution is -0.128. The topological polar surface area (TPSA) is 17.1 Å². The first kappa shape index (κ1) is 13.7. The van der Waals surface area contributed by atoms with Crippen LogP contribution in [-0.2, 0) is 11.2 Å². The van der Waals surface area contributed by atoms with Crippen LogP contribution in [0.15, 0.2) is 22.7 Å². The number of halogens is 2. The Balaban J connectivity index is 2.13. The van der Waals surface area contributed by atoms with Crippen LogP contribution in [0.4, 0.5) is 4.39 Å². The van der Waals surface area contributed by atoms with Crippen LogP contribution in [0, 0.1) is 11.2 Å². The lowest BCUT2D eigenvalue weighted by Gasteiger charge is -2.32. The largest absolute Gasteiger partial charge is 0.299 e. The molecule has 0 N–H and O–H groups in total. The SMILES string of the molecule is CC1(C(=O)Cc2cc(Br)ccc2F)CCCCC1. The van der Waals surface area contributed by atoms with Crippen molar-refractivity contribution in [1.82, 2.24) is 0 Å². The molecule has 1 aromatic rings. The van der Waals surface area contributed by atoms with Gasteiger partial charge in [-0.3, -0.25) is 4.79 Å². The molecule has 98 valence electrons. The van der Waals surface area contributed by atoms with Gasteiger partial charge in [0.2, 0.25) is 0 Å². The van der Waals surface area contributed by atoms with Gasteiger partial charge in [-0.2, -0.15) is 0 Å². The minimum atomic E-state index is -0.286. The average Bonchev–Trinajstić information content (AvgIpc) is 2.35. The number of hydrogen-bond acceptors (Lipinski definition) is 1. The highest BCUT2D eigenvalue weighted by molar-refractivity contribution is 9.10. The van der Waals surface area contributed by atoms with E-state index in [1.807, 2.05) is 6.92 Å². The quantitative estimate of drug-likeness (QED) is 0.792. The van der Waals surface area contributed by atoms with E-state index in [9.17, 15) is 9.18 Å². The molecule has 1 aromatic carbocycles. The molecule has 1 fully saturated rings. The fraction of sp³-hybridized carbons (Fsp3) is 0.533. The summed E-state index contributed by atoms with van der Waals surface area (Å²) >= 11 is 3.32. The summed E-state index contributed by atoms with van der Waals surface area (Å²) in [6.07, 6.45) is 5.55. The molecular weight excluding hydrogens is 295 g/mol. The molecule has 0 amide bonds. The molecule has 1 nitrogen and oxygen atoms in total. The first-order chi connectivity index (χ1) is 8.51. The normalized spacial score (nSPS) is 18.6. The minimum absolute atomic E-state index is 0.180. The summed E-state index contributed by atoms with van der Waals surface area (Å²) < 4.78 is 14.5. The number of hydrogen-bond donors (Lipinski definition) is 0. The summed E-state index contributed by atoms with van der Waals surface area (Å²) in [6.45, 7) is 2.03. The molecule has 0 aliphatic heterocycles. The van der Waals surface area contributed by atoms with E-state index >= 15 is 0 Å². The molecule has 1 aliphatic carbocycles. The third-order valence-corrected chi connectivity index (χ3v) is 4.48. The third-order valence-electron chi connectivity index (χ3n) is 3.99. The van der Waals surface area contributed by atoms with Gasteiger partial charge in [-0.1, -0.05) is 42.1 Å². The Morgan fingerprint density at radius 2 is 2.00 bits per heavy atom. The predicted molar refractivity (Wildman–Crippen MR) is 74.0 cm³/mol. The third kappa shape index (κ3) is 3.00. The Hall–Kier alpha value is -0.700. The van der Waals surface area contributed by atoms with Crippen molar-refractivity contribution < 1.29 is 9.18 Å². The van der Waals surface area contributed by atoms with Crippen LogP contribution in [0.2, 0.25) is 0 Å². The van der Waals surface area contributed by atoms with E-state index < -0.39 is 0 Å². The van der Waals surface area contributed by atoms with E-state index in [0.717, 1.165) is 30.2 Å². The van der Waals surface area contributed by atoms with Gasteiger partial charge in [0.25, 0.3) is 0 Å². The number of carbonyl (C=O) groups is 1. The number of ketones is 1. The maximum atomic E-state index is 13.6. The Kier molecular flexibility index (Phi) is 4.21. The molecule has 0 heterocycles. The molecule has 3 heteroatoms. The van der Waals surface area contributed by atoms with Gasteiger partial charge in [-0.15, -0.1) is 0 Å². The highest BCUT2D eigenvalue weighted by atomic mass is 79.9. The van der Waals surface area contributed by atoms with Crippen LogP contribution in [0.1, 0.15) is 44.6 Å². The van der Waals surface area contributed by atoms with Gasteiger partial charge in [-0.05, 0) is 36.6 Å². The van der Waals surface area contributed by atoms with Gasteiger partial charge in [0.15, 0.2) is 0 Å². The second kappa shape index (κ2) is 5.52. The molecule has 0 saturated heterocycles. The Labute approximate surface area is 116 Å². The second-order valence-electron chi connectivity index (χ2n) is 5.46. The first-order valence-corrected chi connectivity index (χ1v) is 7.28. The van der Waals surface area contributed by atoms with Crippen LogP contribution in [-0.4, -0.2) is 5.78 Å². The lowest BCUT2D eigenvalue weighted by Crippen LogP contribution is -2.31. The number of carbonyl (C=O) groups excluding carboxylic acids is 1. The Bertz CT molecular complexity index is 450. The number of Topliss-reactive ketones (excluding diaryl/α,β-unsaturated/α-hetero) is 1. The van der Waals surface area contributed by atoms with Crippen LogP contribution >= 0.6 is 15.9 Å². The summed E-state index contributed by atoms with van der Waals surface area (Å²) in [5.74, 6) is -0.106. The molecule has 0 atom stereocenters. The monoisotopic (exact) mass is 312 g/mol. The molecule has 1 aliphatic rings. The smallest absolute Gasteiger partial charge is 0.143 e. The minimum Gasteiger partial charge on any atom is -0.299 e. The summed E-state index contributed by atoms with van der Waals surface area (Å²) in [6, 6.07) is 4.78. The molecule has 0 bridgehead atoms. The molecule has 1 saturated carbocycles. The fourth-order valence-corrected chi connectivity index (χ4v) is 3.08. The van der Waals surface area contributed by atoms with Crippen molar-refractivity contribution in [2.24, 2.45) is 5.41 Å². The van der Waals surface area contributed by atoms with Crippen molar-refractivity contribution >= 4 is 21.7 Å². The zero-order valence-corrected chi connectivity index (χ0v) is 12.2. The van der Waals surface area contributed by atoms with Crippen LogP contribution in [0.25, 0.3) is 0 Å². The van der Waals surface area contributed by atoms with Gasteiger partial charge >= 0.3 is 0 Å². The maximum Gasteiger partial charge on any atom is 0.143 e. The molecule has 0 spiro atoms. The molecule has 0 aromatic heterocycles. The van der Waals surface area contributed by atoms with E-state index in [0.29, 0.717) is 5.56 Å². The zero-order chi connectivity index (χ0) is 13.2. The van der Waals surface area contributed by atoms with E-state index in [2.05, 4.69) is 15.9 Å². The molecule has 2 rings (SSSR count). The van der Waals surface area contributed by atoms with Gasteiger partial charge in [0.05, 0.1) is 0 Å². The molecule has 18 heavy (non-hydrogen) atoms. The van der Waals surface area contributed by atoms with Gasteiger partial charge in [-0.25, -0.2) is 4.39 Å². The van der Waals surface area contributed by atoms with E-state index in [4.69, 9.17) is 0 Å². The second-order valence-corrected chi connectivity index (χ2v) is 6.37. The average molecular weight is 313 g/mol. The van der Waals surface area contributed by atoms with Gasteiger partial charge in [0.1, 0.15) is 11.6 Å². The maximum absolute atomic E-state index is 13.6. The van der Waals surface area contributed by atoms with Crippen molar-refractivity contribution in [2.75, 3.05) is 0 Å². The lowest BCUT2D eigenvalue weighted by atomic mass is 9.71. The predicted octanol–water partition coefficient (Wildman–Crippen LogP) is 4.67. The fourth-order valence-electron chi connectivity index (χ4n) is 2.68. The summed E-state index contributed by atoms with van der Waals surface area (Å²) in [7, 11) is 0. The van der Waals surface area contributed by atoms with Gasteiger partial charge < -0.3 is 0 Å².